The third-order valence-electron chi connectivity index (χ3n) is 3.09. The number of halogens is 1. The van der Waals surface area contributed by atoms with E-state index in [1.807, 2.05) is 48.0 Å². The third-order valence-corrected chi connectivity index (χ3v) is 3.62. The minimum absolute atomic E-state index is 0.126. The molecule has 0 fully saturated rings. The Morgan fingerprint density at radius 2 is 1.83 bits per heavy atom. The molecule has 0 radical (unpaired) electrons. The lowest BCUT2D eigenvalue weighted by molar-refractivity contribution is -0.689. The van der Waals surface area contributed by atoms with Crippen LogP contribution in [-0.4, -0.2) is 5.78 Å². The first-order valence-corrected chi connectivity index (χ1v) is 6.61. The van der Waals surface area contributed by atoms with Crippen molar-refractivity contribution in [3.63, 3.8) is 0 Å². The zero-order valence-electron chi connectivity index (χ0n) is 10.5. The molecule has 0 atom stereocenters. The molecule has 0 unspecified atom stereocenters. The Bertz CT molecular complexity index is 576. The normalized spacial score (nSPS) is 10.4. The lowest BCUT2D eigenvalue weighted by Crippen LogP contribution is -2.41. The Labute approximate surface area is 115 Å². The number of hydrogen-bond donors (Lipinski definition) is 0. The molecule has 18 heavy (non-hydrogen) atoms. The molecule has 2 rings (SSSR count). The Morgan fingerprint density at radius 3 is 2.50 bits per heavy atom. The highest BCUT2D eigenvalue weighted by Crippen LogP contribution is 2.11. The van der Waals surface area contributed by atoms with Crippen molar-refractivity contribution in [3.05, 3.63) is 63.9 Å². The number of nitrogens with zero attached hydrogens (tertiary/aromatic N) is 1. The number of carbonyl (C=O) groups is 1. The highest BCUT2D eigenvalue weighted by atomic mass is 79.9. The van der Waals surface area contributed by atoms with E-state index in [9.17, 15) is 4.79 Å². The molecule has 0 aliphatic carbocycles. The van der Waals surface area contributed by atoms with Gasteiger partial charge in [0.05, 0.1) is 0 Å². The van der Waals surface area contributed by atoms with Gasteiger partial charge < -0.3 is 0 Å². The van der Waals surface area contributed by atoms with Gasteiger partial charge in [0.2, 0.25) is 12.3 Å². The van der Waals surface area contributed by atoms with Gasteiger partial charge in [0.25, 0.3) is 0 Å². The predicted octanol–water partition coefficient (Wildman–Crippen LogP) is 3.24. The zero-order valence-corrected chi connectivity index (χ0v) is 12.1. The van der Waals surface area contributed by atoms with Crippen LogP contribution < -0.4 is 4.57 Å². The van der Waals surface area contributed by atoms with Gasteiger partial charge in [-0.1, -0.05) is 28.1 Å². The first-order chi connectivity index (χ1) is 8.58. The van der Waals surface area contributed by atoms with Gasteiger partial charge >= 0.3 is 0 Å². The molecule has 0 saturated heterocycles. The lowest BCUT2D eigenvalue weighted by Gasteiger charge is -2.02. The Morgan fingerprint density at radius 1 is 1.17 bits per heavy atom. The van der Waals surface area contributed by atoms with Gasteiger partial charge in [-0.3, -0.25) is 4.79 Å². The molecule has 0 saturated carbocycles. The summed E-state index contributed by atoms with van der Waals surface area (Å²) in [6, 6.07) is 11.5. The van der Waals surface area contributed by atoms with Gasteiger partial charge in [-0.25, -0.2) is 0 Å². The molecule has 0 bridgehead atoms. The van der Waals surface area contributed by atoms with Crippen LogP contribution in [-0.2, 0) is 6.54 Å². The predicted molar refractivity (Wildman–Crippen MR) is 74.6 cm³/mol. The summed E-state index contributed by atoms with van der Waals surface area (Å²) in [5.74, 6) is 0.126. The van der Waals surface area contributed by atoms with E-state index in [0.29, 0.717) is 6.54 Å². The first kappa shape index (κ1) is 13.0. The van der Waals surface area contributed by atoms with Crippen LogP contribution in [0, 0.1) is 13.8 Å². The van der Waals surface area contributed by atoms with E-state index in [0.717, 1.165) is 15.7 Å². The SMILES string of the molecule is Cc1ccc[n+](CC(=O)c2ccc(Br)cc2)c1C. The van der Waals surface area contributed by atoms with Crippen molar-refractivity contribution in [2.24, 2.45) is 0 Å². The minimum Gasteiger partial charge on any atom is -0.287 e. The van der Waals surface area contributed by atoms with Crippen molar-refractivity contribution in [1.29, 1.82) is 0 Å². The minimum atomic E-state index is 0.126. The standard InChI is InChI=1S/C15H15BrNO/c1-11-4-3-9-17(12(11)2)10-15(18)13-5-7-14(16)8-6-13/h3-9H,10H2,1-2H3/q+1. The third kappa shape index (κ3) is 2.85. The quantitative estimate of drug-likeness (QED) is 0.630. The van der Waals surface area contributed by atoms with Crippen LogP contribution in [0.25, 0.3) is 0 Å². The average Bonchev–Trinajstić information content (AvgIpc) is 2.36. The zero-order chi connectivity index (χ0) is 13.1. The number of rotatable bonds is 3. The summed E-state index contributed by atoms with van der Waals surface area (Å²) in [6.07, 6.45) is 1.94. The molecular weight excluding hydrogens is 290 g/mol. The van der Waals surface area contributed by atoms with Crippen LogP contribution in [0.3, 0.4) is 0 Å². The smallest absolute Gasteiger partial charge is 0.227 e. The largest absolute Gasteiger partial charge is 0.287 e. The van der Waals surface area contributed by atoms with Crippen molar-refractivity contribution < 1.29 is 9.36 Å². The fraction of sp³-hybridized carbons (Fsp3) is 0.200. The Balaban J connectivity index is 2.21. The Kier molecular flexibility index (Phi) is 3.92. The average molecular weight is 305 g/mol. The van der Waals surface area contributed by atoms with Crippen molar-refractivity contribution >= 4 is 21.7 Å². The number of aryl methyl sites for hydroxylation is 1. The van der Waals surface area contributed by atoms with Gasteiger partial charge in [0.15, 0.2) is 11.9 Å². The molecule has 0 aliphatic rings. The molecule has 1 heterocycles. The number of ketones is 1. The van der Waals surface area contributed by atoms with Crippen LogP contribution in [0.1, 0.15) is 21.6 Å². The second-order valence-corrected chi connectivity index (χ2v) is 5.25. The van der Waals surface area contributed by atoms with Gasteiger partial charge in [0.1, 0.15) is 0 Å². The number of pyridine rings is 1. The summed E-state index contributed by atoms with van der Waals surface area (Å²) in [5.41, 5.74) is 3.07. The maximum atomic E-state index is 12.2. The second-order valence-electron chi connectivity index (χ2n) is 4.33. The summed E-state index contributed by atoms with van der Waals surface area (Å²) < 4.78 is 2.97. The molecule has 3 heteroatoms. The van der Waals surface area contributed by atoms with E-state index in [1.54, 1.807) is 0 Å². The lowest BCUT2D eigenvalue weighted by atomic mass is 10.1. The van der Waals surface area contributed by atoms with Crippen LogP contribution in [0.4, 0.5) is 0 Å². The van der Waals surface area contributed by atoms with E-state index >= 15 is 0 Å². The van der Waals surface area contributed by atoms with E-state index in [2.05, 4.69) is 28.9 Å². The van der Waals surface area contributed by atoms with E-state index in [1.165, 1.54) is 5.56 Å². The van der Waals surface area contributed by atoms with Crippen molar-refractivity contribution in [3.8, 4) is 0 Å². The van der Waals surface area contributed by atoms with Crippen molar-refractivity contribution in [2.75, 3.05) is 0 Å². The molecule has 1 aromatic heterocycles. The molecule has 0 N–H and O–H groups in total. The van der Waals surface area contributed by atoms with Gasteiger partial charge in [-0.05, 0) is 25.1 Å². The molecule has 0 aliphatic heterocycles. The summed E-state index contributed by atoms with van der Waals surface area (Å²) in [4.78, 5) is 12.2. The molecule has 2 nitrogen and oxygen atoms in total. The van der Waals surface area contributed by atoms with Gasteiger partial charge in [-0.15, -0.1) is 0 Å². The second kappa shape index (κ2) is 5.44. The molecular formula is C15H15BrNO+. The van der Waals surface area contributed by atoms with Gasteiger partial charge in [-0.2, -0.15) is 4.57 Å². The van der Waals surface area contributed by atoms with Crippen LogP contribution in [0.15, 0.2) is 47.1 Å². The summed E-state index contributed by atoms with van der Waals surface area (Å²) >= 11 is 3.37. The van der Waals surface area contributed by atoms with E-state index in [-0.39, 0.29) is 5.78 Å². The summed E-state index contributed by atoms with van der Waals surface area (Å²) in [5, 5.41) is 0. The van der Waals surface area contributed by atoms with Crippen LogP contribution in [0.2, 0.25) is 0 Å². The molecule has 1 aromatic carbocycles. The fourth-order valence-corrected chi connectivity index (χ4v) is 2.07. The Hall–Kier alpha value is -1.48. The number of aromatic nitrogens is 1. The summed E-state index contributed by atoms with van der Waals surface area (Å²) in [6.45, 7) is 4.47. The maximum absolute atomic E-state index is 12.2. The molecule has 0 spiro atoms. The maximum Gasteiger partial charge on any atom is 0.227 e. The highest BCUT2D eigenvalue weighted by Gasteiger charge is 2.15. The van der Waals surface area contributed by atoms with Crippen molar-refractivity contribution in [2.45, 2.75) is 20.4 Å². The van der Waals surface area contributed by atoms with Crippen LogP contribution in [0.5, 0.6) is 0 Å². The van der Waals surface area contributed by atoms with E-state index in [4.69, 9.17) is 0 Å². The number of carbonyl (C=O) groups excluding carboxylic acids is 1. The number of Topliss-reactive ketones (excluding diaryl/α,β-unsaturated/α-hetero) is 1. The molecule has 2 aromatic rings. The summed E-state index contributed by atoms with van der Waals surface area (Å²) in [7, 11) is 0. The topological polar surface area (TPSA) is 20.9 Å². The van der Waals surface area contributed by atoms with Gasteiger partial charge in [0, 0.05) is 28.6 Å². The number of benzene rings is 1. The molecule has 92 valence electrons. The van der Waals surface area contributed by atoms with Crippen molar-refractivity contribution in [1.82, 2.24) is 0 Å². The van der Waals surface area contributed by atoms with Crippen LogP contribution >= 0.6 is 15.9 Å². The first-order valence-electron chi connectivity index (χ1n) is 5.82. The monoisotopic (exact) mass is 304 g/mol. The number of hydrogen-bond acceptors (Lipinski definition) is 1. The van der Waals surface area contributed by atoms with E-state index < -0.39 is 0 Å². The highest BCUT2D eigenvalue weighted by molar-refractivity contribution is 9.10. The molecule has 0 amide bonds. The fourth-order valence-electron chi connectivity index (χ4n) is 1.80.